The van der Waals surface area contributed by atoms with Crippen LogP contribution in [-0.2, 0) is 17.8 Å². The van der Waals surface area contributed by atoms with Gasteiger partial charge in [-0.05, 0) is 30.9 Å². The van der Waals surface area contributed by atoms with Crippen molar-refractivity contribution in [1.29, 1.82) is 0 Å². The van der Waals surface area contributed by atoms with Gasteiger partial charge in [-0.15, -0.1) is 0 Å². The Bertz CT molecular complexity index is 460. The summed E-state index contributed by atoms with van der Waals surface area (Å²) < 4.78 is 0. The van der Waals surface area contributed by atoms with Crippen molar-refractivity contribution >= 4 is 5.91 Å². The molecule has 0 bridgehead atoms. The molecule has 0 radical (unpaired) electrons. The second kappa shape index (κ2) is 11.2. The summed E-state index contributed by atoms with van der Waals surface area (Å²) in [6, 6.07) is 7.43. The van der Waals surface area contributed by atoms with Crippen LogP contribution in [0.15, 0.2) is 24.3 Å². The molecule has 4 nitrogen and oxygen atoms in total. The van der Waals surface area contributed by atoms with Crippen molar-refractivity contribution in [2.24, 2.45) is 5.73 Å². The lowest BCUT2D eigenvalue weighted by Crippen LogP contribution is -2.46. The number of hydrogen-bond acceptors (Lipinski definition) is 3. The number of hydrogen-bond donors (Lipinski definition) is 3. The van der Waals surface area contributed by atoms with E-state index in [0.717, 1.165) is 12.0 Å². The number of rotatable bonds is 11. The Morgan fingerprint density at radius 1 is 1.17 bits per heavy atom. The van der Waals surface area contributed by atoms with Crippen LogP contribution in [0.2, 0.25) is 0 Å². The van der Waals surface area contributed by atoms with Crippen LogP contribution in [-0.4, -0.2) is 23.2 Å². The van der Waals surface area contributed by atoms with E-state index in [2.05, 4.69) is 24.4 Å². The Morgan fingerprint density at radius 3 is 2.52 bits per heavy atom. The zero-order valence-electron chi connectivity index (χ0n) is 14.6. The molecule has 4 N–H and O–H groups in total. The minimum Gasteiger partial charge on any atom is -0.391 e. The van der Waals surface area contributed by atoms with E-state index in [1.807, 2.05) is 12.1 Å². The Morgan fingerprint density at radius 2 is 1.83 bits per heavy atom. The first-order chi connectivity index (χ1) is 11.0. The smallest absolute Gasteiger partial charge is 0.239 e. The maximum atomic E-state index is 11.7. The maximum Gasteiger partial charge on any atom is 0.239 e. The van der Waals surface area contributed by atoms with E-state index in [1.165, 1.54) is 51.0 Å². The molecule has 130 valence electrons. The fraction of sp³-hybridized carbons (Fsp3) is 0.632. The molecule has 1 aromatic carbocycles. The second-order valence-electron chi connectivity index (χ2n) is 6.32. The Balaban J connectivity index is 2.34. The molecule has 0 saturated heterocycles. The van der Waals surface area contributed by atoms with Gasteiger partial charge in [-0.2, -0.15) is 0 Å². The van der Waals surface area contributed by atoms with Crippen LogP contribution in [0.4, 0.5) is 0 Å². The van der Waals surface area contributed by atoms with Gasteiger partial charge in [0.05, 0.1) is 6.10 Å². The molecule has 4 heteroatoms. The predicted octanol–water partition coefficient (Wildman–Crippen LogP) is 2.91. The van der Waals surface area contributed by atoms with Crippen LogP contribution < -0.4 is 11.1 Å². The summed E-state index contributed by atoms with van der Waals surface area (Å²) in [5, 5.41) is 12.1. The summed E-state index contributed by atoms with van der Waals surface area (Å²) in [7, 11) is 0. The fourth-order valence-corrected chi connectivity index (χ4v) is 2.53. The van der Waals surface area contributed by atoms with Crippen molar-refractivity contribution in [3.8, 4) is 0 Å². The van der Waals surface area contributed by atoms with E-state index in [1.54, 1.807) is 0 Å². The van der Waals surface area contributed by atoms with Crippen molar-refractivity contribution in [2.75, 3.05) is 0 Å². The highest BCUT2D eigenvalue weighted by Gasteiger charge is 2.17. The van der Waals surface area contributed by atoms with Gasteiger partial charge in [-0.1, -0.05) is 63.3 Å². The zero-order valence-corrected chi connectivity index (χ0v) is 14.6. The fourth-order valence-electron chi connectivity index (χ4n) is 2.53. The summed E-state index contributed by atoms with van der Waals surface area (Å²) in [6.45, 7) is 4.20. The average molecular weight is 320 g/mol. The molecular weight excluding hydrogens is 288 g/mol. The van der Waals surface area contributed by atoms with Crippen LogP contribution in [0, 0.1) is 0 Å². The van der Waals surface area contributed by atoms with Crippen LogP contribution in [0.3, 0.4) is 0 Å². The molecule has 0 aliphatic carbocycles. The number of benzene rings is 1. The summed E-state index contributed by atoms with van der Waals surface area (Å²) in [5.41, 5.74) is 7.99. The van der Waals surface area contributed by atoms with Gasteiger partial charge in [-0.25, -0.2) is 0 Å². The Hall–Kier alpha value is -1.39. The van der Waals surface area contributed by atoms with Gasteiger partial charge in [0.2, 0.25) is 5.91 Å². The van der Waals surface area contributed by atoms with Crippen LogP contribution in [0.25, 0.3) is 0 Å². The Labute approximate surface area is 140 Å². The van der Waals surface area contributed by atoms with Crippen LogP contribution in [0.5, 0.6) is 0 Å². The molecule has 1 amide bonds. The standard InChI is InChI=1S/C19H32N2O2/c1-3-4-5-6-7-8-10-16-11-9-12-17(13-16)14-21-19(23)18(20)15(2)22/h9,11-13,15,18,22H,3-8,10,14,20H2,1-2H3,(H,21,23)/t15-,18+/m1/s1. The number of aliphatic hydroxyl groups is 1. The topological polar surface area (TPSA) is 75.4 Å². The molecule has 0 aliphatic heterocycles. The second-order valence-corrected chi connectivity index (χ2v) is 6.32. The third-order valence-electron chi connectivity index (χ3n) is 4.10. The molecule has 0 unspecified atom stereocenters. The SMILES string of the molecule is CCCCCCCCc1cccc(CNC(=O)[C@@H](N)[C@@H](C)O)c1. The maximum absolute atomic E-state index is 11.7. The van der Waals surface area contributed by atoms with Crippen molar-refractivity contribution in [3.63, 3.8) is 0 Å². The summed E-state index contributed by atoms with van der Waals surface area (Å²) in [6.07, 6.45) is 8.02. The van der Waals surface area contributed by atoms with Crippen molar-refractivity contribution in [1.82, 2.24) is 5.32 Å². The minimum absolute atomic E-state index is 0.318. The van der Waals surface area contributed by atoms with E-state index in [0.29, 0.717) is 6.54 Å². The summed E-state index contributed by atoms with van der Waals surface area (Å²) >= 11 is 0. The number of unbranched alkanes of at least 4 members (excludes halogenated alkanes) is 5. The van der Waals surface area contributed by atoms with Crippen LogP contribution >= 0.6 is 0 Å². The number of carbonyl (C=O) groups is 1. The van der Waals surface area contributed by atoms with E-state index in [-0.39, 0.29) is 5.91 Å². The third-order valence-corrected chi connectivity index (χ3v) is 4.10. The third kappa shape index (κ3) is 8.14. The molecule has 0 aliphatic rings. The van der Waals surface area contributed by atoms with Gasteiger partial charge in [0.1, 0.15) is 6.04 Å². The molecule has 0 saturated carbocycles. The highest BCUT2D eigenvalue weighted by atomic mass is 16.3. The predicted molar refractivity (Wildman–Crippen MR) is 95.0 cm³/mol. The Kier molecular flexibility index (Phi) is 9.57. The van der Waals surface area contributed by atoms with E-state index >= 15 is 0 Å². The van der Waals surface area contributed by atoms with Gasteiger partial charge < -0.3 is 16.2 Å². The first-order valence-corrected chi connectivity index (χ1v) is 8.83. The quantitative estimate of drug-likeness (QED) is 0.549. The first kappa shape index (κ1) is 19.7. The molecular formula is C19H32N2O2. The molecule has 0 heterocycles. The number of carbonyl (C=O) groups excluding carboxylic acids is 1. The van der Waals surface area contributed by atoms with E-state index < -0.39 is 12.1 Å². The first-order valence-electron chi connectivity index (χ1n) is 8.83. The normalized spacial score (nSPS) is 13.6. The van der Waals surface area contributed by atoms with E-state index in [4.69, 9.17) is 5.73 Å². The van der Waals surface area contributed by atoms with Crippen molar-refractivity contribution < 1.29 is 9.90 Å². The average Bonchev–Trinajstić information content (AvgIpc) is 2.55. The highest BCUT2D eigenvalue weighted by molar-refractivity contribution is 5.82. The minimum atomic E-state index is -0.874. The number of aliphatic hydroxyl groups excluding tert-OH is 1. The lowest BCUT2D eigenvalue weighted by molar-refractivity contribution is -0.124. The van der Waals surface area contributed by atoms with Gasteiger partial charge in [-0.3, -0.25) is 4.79 Å². The lowest BCUT2D eigenvalue weighted by Gasteiger charge is -2.14. The molecule has 23 heavy (non-hydrogen) atoms. The van der Waals surface area contributed by atoms with Crippen molar-refractivity contribution in [3.05, 3.63) is 35.4 Å². The number of nitrogens with two attached hydrogens (primary N) is 1. The molecule has 0 spiro atoms. The molecule has 1 rings (SSSR count). The largest absolute Gasteiger partial charge is 0.391 e. The van der Waals surface area contributed by atoms with Crippen molar-refractivity contribution in [2.45, 2.75) is 77.5 Å². The number of aryl methyl sites for hydroxylation is 1. The summed E-state index contributed by atoms with van der Waals surface area (Å²) in [4.78, 5) is 11.7. The van der Waals surface area contributed by atoms with Gasteiger partial charge in [0.15, 0.2) is 0 Å². The number of amides is 1. The highest BCUT2D eigenvalue weighted by Crippen LogP contribution is 2.11. The zero-order chi connectivity index (χ0) is 17.1. The molecule has 2 atom stereocenters. The van der Waals surface area contributed by atoms with Crippen LogP contribution in [0.1, 0.15) is 63.5 Å². The molecule has 1 aromatic rings. The molecule has 0 fully saturated rings. The van der Waals surface area contributed by atoms with Gasteiger partial charge >= 0.3 is 0 Å². The summed E-state index contributed by atoms with van der Waals surface area (Å²) in [5.74, 6) is -0.318. The van der Waals surface area contributed by atoms with Gasteiger partial charge in [0, 0.05) is 6.54 Å². The van der Waals surface area contributed by atoms with E-state index in [9.17, 15) is 9.90 Å². The molecule has 0 aromatic heterocycles. The monoisotopic (exact) mass is 320 g/mol. The lowest BCUT2D eigenvalue weighted by atomic mass is 10.0. The van der Waals surface area contributed by atoms with Gasteiger partial charge in [0.25, 0.3) is 0 Å². The number of nitrogens with one attached hydrogen (secondary N) is 1.